The van der Waals surface area contributed by atoms with Crippen LogP contribution in [0.2, 0.25) is 0 Å². The third kappa shape index (κ3) is 2.74. The van der Waals surface area contributed by atoms with E-state index < -0.39 is 15.8 Å². The summed E-state index contributed by atoms with van der Waals surface area (Å²) < 4.78 is 39.1. The summed E-state index contributed by atoms with van der Waals surface area (Å²) in [5, 5.41) is 3.39. The second-order valence-corrected chi connectivity index (χ2v) is 6.79. The van der Waals surface area contributed by atoms with Crippen molar-refractivity contribution < 1.29 is 12.8 Å². The van der Waals surface area contributed by atoms with Gasteiger partial charge in [0.05, 0.1) is 9.37 Å². The lowest BCUT2D eigenvalue weighted by molar-refractivity contribution is 0.206. The van der Waals surface area contributed by atoms with E-state index in [4.69, 9.17) is 5.53 Å². The van der Waals surface area contributed by atoms with Crippen LogP contribution in [0.15, 0.2) is 32.7 Å². The van der Waals surface area contributed by atoms with Gasteiger partial charge in [0.1, 0.15) is 5.82 Å². The van der Waals surface area contributed by atoms with E-state index in [0.29, 0.717) is 13.0 Å². The molecule has 1 aromatic rings. The molecule has 0 amide bonds. The van der Waals surface area contributed by atoms with Gasteiger partial charge in [-0.1, -0.05) is 5.11 Å². The van der Waals surface area contributed by atoms with Gasteiger partial charge in [-0.05, 0) is 46.1 Å². The number of nitrogens with zero attached hydrogens (tertiary/aromatic N) is 4. The Balaban J connectivity index is 2.27. The summed E-state index contributed by atoms with van der Waals surface area (Å²) in [6.45, 7) is 0.487. The van der Waals surface area contributed by atoms with Crippen LogP contribution < -0.4 is 0 Å². The molecule has 19 heavy (non-hydrogen) atoms. The summed E-state index contributed by atoms with van der Waals surface area (Å²) >= 11 is 2.96. The lowest BCUT2D eigenvalue weighted by atomic mass is 10.1. The van der Waals surface area contributed by atoms with Crippen LogP contribution in [0, 0.1) is 5.82 Å². The van der Waals surface area contributed by atoms with Gasteiger partial charge in [0.2, 0.25) is 10.0 Å². The molecule has 1 heterocycles. The largest absolute Gasteiger partial charge is 0.243 e. The van der Waals surface area contributed by atoms with Crippen molar-refractivity contribution in [2.75, 3.05) is 13.1 Å². The van der Waals surface area contributed by atoms with Gasteiger partial charge in [0.25, 0.3) is 0 Å². The maximum Gasteiger partial charge on any atom is 0.243 e. The highest BCUT2D eigenvalue weighted by atomic mass is 79.9. The van der Waals surface area contributed by atoms with Gasteiger partial charge in [-0.15, -0.1) is 0 Å². The van der Waals surface area contributed by atoms with E-state index in [1.54, 1.807) is 0 Å². The normalized spacial score (nSPS) is 19.6. The molecular formula is C10H10BrFN4O2S. The Morgan fingerprint density at radius 1 is 1.58 bits per heavy atom. The van der Waals surface area contributed by atoms with Crippen LogP contribution in [0.4, 0.5) is 4.39 Å². The third-order valence-corrected chi connectivity index (χ3v) is 5.50. The summed E-state index contributed by atoms with van der Waals surface area (Å²) in [5.74, 6) is -0.520. The fourth-order valence-corrected chi connectivity index (χ4v) is 4.04. The van der Waals surface area contributed by atoms with Crippen molar-refractivity contribution in [3.05, 3.63) is 38.9 Å². The number of azide groups is 1. The lowest BCUT2D eigenvalue weighted by Gasteiger charge is -2.38. The molecule has 0 saturated carbocycles. The SMILES string of the molecule is [N-]=[N+]=NCC1CCN1S(=O)(=O)c1ccc(F)c(Br)c1. The molecule has 0 bridgehead atoms. The van der Waals surface area contributed by atoms with Gasteiger partial charge in [0.15, 0.2) is 0 Å². The molecule has 0 aromatic heterocycles. The number of hydrogen-bond donors (Lipinski definition) is 0. The molecule has 1 atom stereocenters. The number of hydrogen-bond acceptors (Lipinski definition) is 3. The molecule has 9 heteroatoms. The van der Waals surface area contributed by atoms with Crippen molar-refractivity contribution >= 4 is 26.0 Å². The van der Waals surface area contributed by atoms with Crippen LogP contribution in [-0.2, 0) is 10.0 Å². The summed E-state index contributed by atoms with van der Waals surface area (Å²) in [5.41, 5.74) is 8.25. The van der Waals surface area contributed by atoms with Crippen molar-refractivity contribution in [1.29, 1.82) is 0 Å². The molecule has 102 valence electrons. The molecule has 0 N–H and O–H groups in total. The quantitative estimate of drug-likeness (QED) is 0.475. The van der Waals surface area contributed by atoms with E-state index in [1.165, 1.54) is 16.4 Å². The smallest absolute Gasteiger partial charge is 0.207 e. The Labute approximate surface area is 118 Å². The zero-order valence-corrected chi connectivity index (χ0v) is 12.1. The van der Waals surface area contributed by atoms with Crippen LogP contribution in [0.25, 0.3) is 10.4 Å². The van der Waals surface area contributed by atoms with Crippen molar-refractivity contribution in [1.82, 2.24) is 4.31 Å². The molecule has 1 fully saturated rings. The second-order valence-electron chi connectivity index (χ2n) is 4.05. The Morgan fingerprint density at radius 3 is 2.84 bits per heavy atom. The Kier molecular flexibility index (Phi) is 4.10. The molecule has 0 aliphatic carbocycles. The molecule has 6 nitrogen and oxygen atoms in total. The summed E-state index contributed by atoms with van der Waals surface area (Å²) in [4.78, 5) is 2.64. The second kappa shape index (κ2) is 5.46. The van der Waals surface area contributed by atoms with Gasteiger partial charge in [0, 0.05) is 24.0 Å². The van der Waals surface area contributed by atoms with E-state index in [0.717, 1.165) is 6.07 Å². The first-order chi connectivity index (χ1) is 8.96. The van der Waals surface area contributed by atoms with Crippen molar-refractivity contribution in [3.8, 4) is 0 Å². The number of rotatable bonds is 4. The van der Waals surface area contributed by atoms with Gasteiger partial charge < -0.3 is 0 Å². The highest BCUT2D eigenvalue weighted by Crippen LogP contribution is 2.29. The van der Waals surface area contributed by atoms with E-state index in [1.807, 2.05) is 0 Å². The van der Waals surface area contributed by atoms with Crippen LogP contribution in [-0.4, -0.2) is 31.9 Å². The Morgan fingerprint density at radius 2 is 2.32 bits per heavy atom. The monoisotopic (exact) mass is 348 g/mol. The summed E-state index contributed by atoms with van der Waals surface area (Å²) in [6, 6.07) is 3.23. The van der Waals surface area contributed by atoms with Crippen molar-refractivity contribution in [3.63, 3.8) is 0 Å². The molecule has 1 aliphatic heterocycles. The fraction of sp³-hybridized carbons (Fsp3) is 0.400. The minimum atomic E-state index is -3.67. The van der Waals surface area contributed by atoms with E-state index in [9.17, 15) is 12.8 Å². The van der Waals surface area contributed by atoms with E-state index in [2.05, 4.69) is 26.0 Å². The first-order valence-electron chi connectivity index (χ1n) is 5.44. The number of benzene rings is 1. The minimum absolute atomic E-state index is 0.0198. The molecular weight excluding hydrogens is 339 g/mol. The summed E-state index contributed by atoms with van der Waals surface area (Å²) in [6.07, 6.45) is 0.653. The van der Waals surface area contributed by atoms with Crippen LogP contribution in [0.3, 0.4) is 0 Å². The maximum atomic E-state index is 13.1. The Bertz CT molecular complexity index is 645. The Hall–Kier alpha value is -1.15. The van der Waals surface area contributed by atoms with Crippen molar-refractivity contribution in [2.45, 2.75) is 17.4 Å². The maximum absolute atomic E-state index is 13.1. The van der Waals surface area contributed by atoms with Gasteiger partial charge >= 0.3 is 0 Å². The fourth-order valence-electron chi connectivity index (χ4n) is 1.82. The molecule has 1 aromatic carbocycles. The van der Waals surface area contributed by atoms with Gasteiger partial charge in [-0.3, -0.25) is 0 Å². The number of halogens is 2. The summed E-state index contributed by atoms with van der Waals surface area (Å²) in [7, 11) is -3.67. The molecule has 1 saturated heterocycles. The van der Waals surface area contributed by atoms with E-state index >= 15 is 0 Å². The average Bonchev–Trinajstić information content (AvgIpc) is 2.31. The van der Waals surface area contributed by atoms with Crippen molar-refractivity contribution in [2.24, 2.45) is 5.11 Å². The first-order valence-corrected chi connectivity index (χ1v) is 7.68. The zero-order chi connectivity index (χ0) is 14.0. The average molecular weight is 349 g/mol. The topological polar surface area (TPSA) is 86.1 Å². The lowest BCUT2D eigenvalue weighted by Crippen LogP contribution is -2.52. The molecule has 0 radical (unpaired) electrons. The highest BCUT2D eigenvalue weighted by Gasteiger charge is 2.38. The number of sulfonamides is 1. The minimum Gasteiger partial charge on any atom is -0.207 e. The third-order valence-electron chi connectivity index (χ3n) is 2.94. The highest BCUT2D eigenvalue weighted by molar-refractivity contribution is 9.10. The molecule has 2 rings (SSSR count). The zero-order valence-electron chi connectivity index (χ0n) is 9.70. The van der Waals surface area contributed by atoms with Crippen LogP contribution in [0.5, 0.6) is 0 Å². The van der Waals surface area contributed by atoms with Crippen LogP contribution >= 0.6 is 15.9 Å². The molecule has 1 aliphatic rings. The van der Waals surface area contributed by atoms with E-state index in [-0.39, 0.29) is 22.0 Å². The van der Waals surface area contributed by atoms with Crippen LogP contribution in [0.1, 0.15) is 6.42 Å². The van der Waals surface area contributed by atoms with Gasteiger partial charge in [-0.25, -0.2) is 12.8 Å². The standard InChI is InChI=1S/C10H10BrFN4O2S/c11-9-5-8(1-2-10(9)12)19(17,18)16-4-3-7(16)6-14-15-13/h1-2,5,7H,3-4,6H2. The molecule has 1 unspecified atom stereocenters. The molecule has 0 spiro atoms. The predicted octanol–water partition coefficient (Wildman–Crippen LogP) is 2.66. The first kappa shape index (κ1) is 14.3. The predicted molar refractivity (Wildman–Crippen MR) is 70.4 cm³/mol. The van der Waals surface area contributed by atoms with Gasteiger partial charge in [-0.2, -0.15) is 4.31 Å².